The summed E-state index contributed by atoms with van der Waals surface area (Å²) in [5.41, 5.74) is 1.78. The lowest BCUT2D eigenvalue weighted by Gasteiger charge is -2.04. The zero-order valence-electron chi connectivity index (χ0n) is 7.36. The third-order valence-electron chi connectivity index (χ3n) is 1.48. The summed E-state index contributed by atoms with van der Waals surface area (Å²) in [6.07, 6.45) is 2.89. The van der Waals surface area contributed by atoms with E-state index in [1.807, 2.05) is 32.0 Å². The van der Waals surface area contributed by atoms with Crippen LogP contribution in [0.4, 0.5) is 0 Å². The molecule has 0 bridgehead atoms. The number of hydrogen-bond acceptors (Lipinski definition) is 2. The Morgan fingerprint density at radius 2 is 2.25 bits per heavy atom. The maximum absolute atomic E-state index is 9.55. The standard InChI is InChI=1S/C10H13NO/c1-8(2)7-10(12)9-5-3-4-6-11-9/h3-7,10,12H,1-2H3. The van der Waals surface area contributed by atoms with E-state index >= 15 is 0 Å². The third kappa shape index (κ3) is 2.47. The van der Waals surface area contributed by atoms with Crippen molar-refractivity contribution >= 4 is 0 Å². The fourth-order valence-corrected chi connectivity index (χ4v) is 0.952. The summed E-state index contributed by atoms with van der Waals surface area (Å²) in [6.45, 7) is 3.90. The van der Waals surface area contributed by atoms with Gasteiger partial charge in [-0.15, -0.1) is 0 Å². The molecule has 1 aromatic heterocycles. The molecule has 0 radical (unpaired) electrons. The van der Waals surface area contributed by atoms with E-state index in [0.717, 1.165) is 5.57 Å². The maximum Gasteiger partial charge on any atom is 0.114 e. The monoisotopic (exact) mass is 163 g/mol. The SMILES string of the molecule is CC(C)=CC(O)c1ccccn1. The largest absolute Gasteiger partial charge is 0.383 e. The molecule has 0 amide bonds. The fourth-order valence-electron chi connectivity index (χ4n) is 0.952. The second-order valence-corrected chi connectivity index (χ2v) is 2.94. The van der Waals surface area contributed by atoms with Crippen molar-refractivity contribution in [3.63, 3.8) is 0 Å². The van der Waals surface area contributed by atoms with Crippen molar-refractivity contribution in [2.45, 2.75) is 20.0 Å². The van der Waals surface area contributed by atoms with Crippen molar-refractivity contribution in [1.82, 2.24) is 4.98 Å². The summed E-state index contributed by atoms with van der Waals surface area (Å²) in [7, 11) is 0. The van der Waals surface area contributed by atoms with E-state index in [2.05, 4.69) is 4.98 Å². The predicted octanol–water partition coefficient (Wildman–Crippen LogP) is 2.08. The Labute approximate surface area is 72.6 Å². The van der Waals surface area contributed by atoms with E-state index in [4.69, 9.17) is 0 Å². The van der Waals surface area contributed by atoms with Gasteiger partial charge in [0.15, 0.2) is 0 Å². The average Bonchev–Trinajstić information content (AvgIpc) is 2.05. The van der Waals surface area contributed by atoms with Crippen LogP contribution in [0.15, 0.2) is 36.0 Å². The van der Waals surface area contributed by atoms with Gasteiger partial charge in [0, 0.05) is 6.20 Å². The Hall–Kier alpha value is -1.15. The fraction of sp³-hybridized carbons (Fsp3) is 0.300. The number of rotatable bonds is 2. The van der Waals surface area contributed by atoms with Gasteiger partial charge in [-0.05, 0) is 26.0 Å². The van der Waals surface area contributed by atoms with E-state index < -0.39 is 6.10 Å². The molecule has 0 aliphatic rings. The Morgan fingerprint density at radius 1 is 1.50 bits per heavy atom. The van der Waals surface area contributed by atoms with Crippen molar-refractivity contribution in [3.05, 3.63) is 41.7 Å². The minimum Gasteiger partial charge on any atom is -0.383 e. The molecule has 1 heterocycles. The van der Waals surface area contributed by atoms with Crippen LogP contribution < -0.4 is 0 Å². The molecule has 1 rings (SSSR count). The van der Waals surface area contributed by atoms with Crippen LogP contribution in [0.2, 0.25) is 0 Å². The van der Waals surface area contributed by atoms with Crippen LogP contribution in [0.3, 0.4) is 0 Å². The molecule has 0 aliphatic carbocycles. The van der Waals surface area contributed by atoms with Gasteiger partial charge in [0.25, 0.3) is 0 Å². The molecule has 1 atom stereocenters. The van der Waals surface area contributed by atoms with Gasteiger partial charge in [-0.1, -0.05) is 17.7 Å². The van der Waals surface area contributed by atoms with Gasteiger partial charge in [-0.25, -0.2) is 0 Å². The number of pyridine rings is 1. The van der Waals surface area contributed by atoms with Gasteiger partial charge in [0.05, 0.1) is 5.69 Å². The highest BCUT2D eigenvalue weighted by atomic mass is 16.3. The first kappa shape index (κ1) is 8.94. The lowest BCUT2D eigenvalue weighted by molar-refractivity contribution is 0.222. The molecule has 1 unspecified atom stereocenters. The van der Waals surface area contributed by atoms with Crippen molar-refractivity contribution in [2.75, 3.05) is 0 Å². The van der Waals surface area contributed by atoms with Gasteiger partial charge in [-0.2, -0.15) is 0 Å². The van der Waals surface area contributed by atoms with Crippen LogP contribution >= 0.6 is 0 Å². The molecular formula is C10H13NO. The minimum atomic E-state index is -0.573. The highest BCUT2D eigenvalue weighted by Gasteiger charge is 2.02. The molecule has 64 valence electrons. The van der Waals surface area contributed by atoms with Crippen LogP contribution in [0.5, 0.6) is 0 Å². The Balaban J connectivity index is 2.79. The normalized spacial score (nSPS) is 12.2. The minimum absolute atomic E-state index is 0.573. The molecule has 1 aromatic rings. The number of hydrogen-bond donors (Lipinski definition) is 1. The van der Waals surface area contributed by atoms with Gasteiger partial charge >= 0.3 is 0 Å². The Kier molecular flexibility index (Phi) is 3.00. The lowest BCUT2D eigenvalue weighted by Crippen LogP contribution is -1.96. The van der Waals surface area contributed by atoms with Crippen molar-refractivity contribution in [2.24, 2.45) is 0 Å². The van der Waals surface area contributed by atoms with Crippen molar-refractivity contribution in [3.8, 4) is 0 Å². The Bertz CT molecular complexity index is 262. The highest BCUT2D eigenvalue weighted by molar-refractivity contribution is 5.13. The van der Waals surface area contributed by atoms with Crippen LogP contribution in [-0.4, -0.2) is 10.1 Å². The van der Waals surface area contributed by atoms with E-state index in [9.17, 15) is 5.11 Å². The molecule has 0 aliphatic heterocycles. The molecule has 2 nitrogen and oxygen atoms in total. The molecule has 1 N–H and O–H groups in total. The van der Waals surface area contributed by atoms with E-state index in [1.54, 1.807) is 12.3 Å². The van der Waals surface area contributed by atoms with Crippen molar-refractivity contribution < 1.29 is 5.11 Å². The summed E-state index contributed by atoms with van der Waals surface area (Å²) >= 11 is 0. The second-order valence-electron chi connectivity index (χ2n) is 2.94. The molecule has 12 heavy (non-hydrogen) atoms. The molecule has 0 aromatic carbocycles. The molecule has 2 heteroatoms. The van der Waals surface area contributed by atoms with Crippen LogP contribution in [0.1, 0.15) is 25.6 Å². The van der Waals surface area contributed by atoms with Gasteiger partial charge < -0.3 is 5.11 Å². The number of aliphatic hydroxyl groups is 1. The van der Waals surface area contributed by atoms with E-state index in [-0.39, 0.29) is 0 Å². The van der Waals surface area contributed by atoms with Gasteiger partial charge in [0.2, 0.25) is 0 Å². The quantitative estimate of drug-likeness (QED) is 0.677. The molecule has 0 saturated carbocycles. The number of aromatic nitrogens is 1. The zero-order chi connectivity index (χ0) is 8.97. The summed E-state index contributed by atoms with van der Waals surface area (Å²) in [4.78, 5) is 4.04. The smallest absolute Gasteiger partial charge is 0.114 e. The molecular weight excluding hydrogens is 150 g/mol. The molecule has 0 saturated heterocycles. The summed E-state index contributed by atoms with van der Waals surface area (Å²) in [5, 5.41) is 9.55. The van der Waals surface area contributed by atoms with E-state index in [1.165, 1.54) is 0 Å². The van der Waals surface area contributed by atoms with Crippen molar-refractivity contribution in [1.29, 1.82) is 0 Å². The number of allylic oxidation sites excluding steroid dienone is 1. The topological polar surface area (TPSA) is 33.1 Å². The van der Waals surface area contributed by atoms with Gasteiger partial charge in [-0.3, -0.25) is 4.98 Å². The molecule has 0 fully saturated rings. The van der Waals surface area contributed by atoms with Gasteiger partial charge in [0.1, 0.15) is 6.10 Å². The van der Waals surface area contributed by atoms with E-state index in [0.29, 0.717) is 5.69 Å². The third-order valence-corrected chi connectivity index (χ3v) is 1.48. The summed E-state index contributed by atoms with van der Waals surface area (Å²) < 4.78 is 0. The number of nitrogens with zero attached hydrogens (tertiary/aromatic N) is 1. The molecule has 0 spiro atoms. The Morgan fingerprint density at radius 3 is 2.75 bits per heavy atom. The first-order chi connectivity index (χ1) is 5.70. The van der Waals surface area contributed by atoms with Crippen LogP contribution in [0, 0.1) is 0 Å². The first-order valence-electron chi connectivity index (χ1n) is 3.94. The lowest BCUT2D eigenvalue weighted by atomic mass is 10.2. The zero-order valence-corrected chi connectivity index (χ0v) is 7.36. The maximum atomic E-state index is 9.55. The first-order valence-corrected chi connectivity index (χ1v) is 3.94. The second kappa shape index (κ2) is 4.02. The average molecular weight is 163 g/mol. The van der Waals surface area contributed by atoms with Crippen LogP contribution in [-0.2, 0) is 0 Å². The highest BCUT2D eigenvalue weighted by Crippen LogP contribution is 2.11. The summed E-state index contributed by atoms with van der Waals surface area (Å²) in [5.74, 6) is 0. The summed E-state index contributed by atoms with van der Waals surface area (Å²) in [6, 6.07) is 5.51. The number of aliphatic hydroxyl groups excluding tert-OH is 1. The van der Waals surface area contributed by atoms with Crippen LogP contribution in [0.25, 0.3) is 0 Å². The predicted molar refractivity (Wildman–Crippen MR) is 48.6 cm³/mol.